The van der Waals surface area contributed by atoms with E-state index in [9.17, 15) is 20.0 Å². The quantitative estimate of drug-likeness (QED) is 0.569. The predicted molar refractivity (Wildman–Crippen MR) is 53.2 cm³/mol. The normalized spacial score (nSPS) is 23.5. The number of nitro benzene ring substituents is 1. The number of Topliss-reactive ketones (excluding diaryl/α,β-unsaturated/α-hetero) is 1. The third-order valence-corrected chi connectivity index (χ3v) is 2.53. The molecule has 1 aliphatic heterocycles. The van der Waals surface area contributed by atoms with Crippen molar-refractivity contribution in [3.63, 3.8) is 0 Å². The van der Waals surface area contributed by atoms with Crippen molar-refractivity contribution in [2.45, 2.75) is 13.2 Å². The Morgan fingerprint density at radius 1 is 1.50 bits per heavy atom. The minimum atomic E-state index is -1.25. The number of ether oxygens (including phenoxy) is 1. The fourth-order valence-corrected chi connectivity index (χ4v) is 1.53. The van der Waals surface area contributed by atoms with Crippen LogP contribution >= 0.6 is 0 Å². The van der Waals surface area contributed by atoms with Gasteiger partial charge in [0.1, 0.15) is 5.75 Å². The molecule has 1 heterocycles. The molecule has 0 amide bonds. The van der Waals surface area contributed by atoms with Gasteiger partial charge in [0, 0.05) is 6.07 Å². The molecule has 0 radical (unpaired) electrons. The molecule has 0 unspecified atom stereocenters. The molecule has 0 fully saturated rings. The van der Waals surface area contributed by atoms with E-state index < -0.39 is 17.1 Å². The molecule has 2 rings (SSSR count). The Balaban J connectivity index is 2.49. The van der Waals surface area contributed by atoms with E-state index in [1.165, 1.54) is 19.1 Å². The molecule has 84 valence electrons. The van der Waals surface area contributed by atoms with Crippen LogP contribution in [0.4, 0.5) is 5.69 Å². The molecule has 1 aromatic rings. The van der Waals surface area contributed by atoms with Gasteiger partial charge in [0.2, 0.25) is 6.29 Å². The second-order valence-electron chi connectivity index (χ2n) is 3.60. The number of carbonyl (C=O) groups excluding carboxylic acids is 1. The first-order valence-corrected chi connectivity index (χ1v) is 4.68. The summed E-state index contributed by atoms with van der Waals surface area (Å²) in [6, 6.07) is 3.73. The summed E-state index contributed by atoms with van der Waals surface area (Å²) in [5, 5.41) is 19.9. The lowest BCUT2D eigenvalue weighted by atomic mass is 9.95. The van der Waals surface area contributed by atoms with Crippen molar-refractivity contribution < 1.29 is 19.6 Å². The van der Waals surface area contributed by atoms with Gasteiger partial charge in [0.15, 0.2) is 5.78 Å². The zero-order chi connectivity index (χ0) is 11.9. The molecule has 1 aliphatic rings. The van der Waals surface area contributed by atoms with E-state index in [1.54, 1.807) is 0 Å². The van der Waals surface area contributed by atoms with Crippen LogP contribution in [-0.2, 0) is 0 Å². The minimum absolute atomic E-state index is 0.0600. The summed E-state index contributed by atoms with van der Waals surface area (Å²) in [7, 11) is 0. The topological polar surface area (TPSA) is 89.7 Å². The van der Waals surface area contributed by atoms with Crippen LogP contribution in [0, 0.1) is 16.0 Å². The monoisotopic (exact) mass is 223 g/mol. The third-order valence-electron chi connectivity index (χ3n) is 2.53. The van der Waals surface area contributed by atoms with Gasteiger partial charge in [-0.25, -0.2) is 0 Å². The summed E-state index contributed by atoms with van der Waals surface area (Å²) in [4.78, 5) is 21.6. The second-order valence-corrected chi connectivity index (χ2v) is 3.60. The van der Waals surface area contributed by atoms with Gasteiger partial charge in [-0.1, -0.05) is 0 Å². The van der Waals surface area contributed by atoms with E-state index in [4.69, 9.17) is 4.74 Å². The van der Waals surface area contributed by atoms with Crippen LogP contribution in [0.15, 0.2) is 18.2 Å². The smallest absolute Gasteiger partial charge is 0.273 e. The molecule has 1 aromatic carbocycles. The fraction of sp³-hybridized carbons (Fsp3) is 0.300. The van der Waals surface area contributed by atoms with Crippen LogP contribution in [0.3, 0.4) is 0 Å². The van der Waals surface area contributed by atoms with Gasteiger partial charge in [-0.3, -0.25) is 14.9 Å². The molecule has 0 aliphatic carbocycles. The number of rotatable bonds is 1. The number of benzene rings is 1. The Labute approximate surface area is 90.6 Å². The minimum Gasteiger partial charge on any atom is -0.463 e. The first-order chi connectivity index (χ1) is 7.50. The maximum Gasteiger partial charge on any atom is 0.273 e. The molecule has 0 aromatic heterocycles. The molecule has 0 saturated heterocycles. The van der Waals surface area contributed by atoms with E-state index in [-0.39, 0.29) is 22.8 Å². The van der Waals surface area contributed by atoms with Gasteiger partial charge in [0.05, 0.1) is 22.5 Å². The molecule has 0 spiro atoms. The third kappa shape index (κ3) is 1.53. The Morgan fingerprint density at radius 2 is 2.19 bits per heavy atom. The Kier molecular flexibility index (Phi) is 2.35. The first kappa shape index (κ1) is 10.6. The first-order valence-electron chi connectivity index (χ1n) is 4.68. The average molecular weight is 223 g/mol. The highest BCUT2D eigenvalue weighted by molar-refractivity contribution is 6.01. The Morgan fingerprint density at radius 3 is 2.81 bits per heavy atom. The zero-order valence-electron chi connectivity index (χ0n) is 8.41. The second kappa shape index (κ2) is 3.57. The van der Waals surface area contributed by atoms with E-state index in [0.29, 0.717) is 0 Å². The molecule has 1 N–H and O–H groups in total. The van der Waals surface area contributed by atoms with E-state index in [1.807, 2.05) is 0 Å². The van der Waals surface area contributed by atoms with Crippen molar-refractivity contribution in [2.24, 2.45) is 5.92 Å². The van der Waals surface area contributed by atoms with Crippen LogP contribution in [0.25, 0.3) is 0 Å². The lowest BCUT2D eigenvalue weighted by molar-refractivity contribution is -0.385. The number of hydrogen-bond acceptors (Lipinski definition) is 5. The van der Waals surface area contributed by atoms with Crippen LogP contribution in [0.1, 0.15) is 17.3 Å². The van der Waals surface area contributed by atoms with Gasteiger partial charge in [0.25, 0.3) is 5.69 Å². The van der Waals surface area contributed by atoms with Crippen molar-refractivity contribution in [3.8, 4) is 5.75 Å². The van der Waals surface area contributed by atoms with Crippen molar-refractivity contribution in [2.75, 3.05) is 0 Å². The van der Waals surface area contributed by atoms with Crippen LogP contribution in [-0.4, -0.2) is 22.1 Å². The molecule has 0 bridgehead atoms. The SMILES string of the molecule is C[C@H]1C(=O)c2ccc([N+](=O)[O-])cc2O[C@@H]1O. The highest BCUT2D eigenvalue weighted by atomic mass is 16.6. The Bertz CT molecular complexity index is 470. The summed E-state index contributed by atoms with van der Waals surface area (Å²) < 4.78 is 5.04. The summed E-state index contributed by atoms with van der Waals surface area (Å²) in [5.74, 6) is -0.873. The number of aliphatic hydroxyl groups is 1. The van der Waals surface area contributed by atoms with Gasteiger partial charge in [-0.2, -0.15) is 0 Å². The van der Waals surface area contributed by atoms with Crippen molar-refractivity contribution in [1.29, 1.82) is 0 Å². The van der Waals surface area contributed by atoms with Gasteiger partial charge >= 0.3 is 0 Å². The largest absolute Gasteiger partial charge is 0.463 e. The number of ketones is 1. The highest BCUT2D eigenvalue weighted by Crippen LogP contribution is 2.32. The van der Waals surface area contributed by atoms with Gasteiger partial charge in [-0.15, -0.1) is 0 Å². The highest BCUT2D eigenvalue weighted by Gasteiger charge is 2.33. The molecule has 6 heteroatoms. The molecule has 2 atom stereocenters. The van der Waals surface area contributed by atoms with E-state index in [0.717, 1.165) is 6.07 Å². The van der Waals surface area contributed by atoms with Gasteiger partial charge in [-0.05, 0) is 13.0 Å². The van der Waals surface area contributed by atoms with E-state index in [2.05, 4.69) is 0 Å². The van der Waals surface area contributed by atoms with Crippen LogP contribution in [0.5, 0.6) is 5.75 Å². The summed E-state index contributed by atoms with van der Waals surface area (Å²) in [6.45, 7) is 1.54. The maximum atomic E-state index is 11.7. The molecule has 0 saturated carbocycles. The Hall–Kier alpha value is -1.95. The predicted octanol–water partition coefficient (Wildman–Crippen LogP) is 1.12. The number of fused-ring (bicyclic) bond motifs is 1. The molecule has 16 heavy (non-hydrogen) atoms. The number of carbonyl (C=O) groups is 1. The lowest BCUT2D eigenvalue weighted by Crippen LogP contribution is -2.35. The van der Waals surface area contributed by atoms with Crippen molar-refractivity contribution in [3.05, 3.63) is 33.9 Å². The molecular formula is C10H9NO5. The zero-order valence-corrected chi connectivity index (χ0v) is 8.41. The summed E-state index contributed by atoms with van der Waals surface area (Å²) >= 11 is 0. The van der Waals surface area contributed by atoms with Crippen LogP contribution < -0.4 is 4.74 Å². The number of nitro groups is 1. The fourth-order valence-electron chi connectivity index (χ4n) is 1.53. The number of hydrogen-bond donors (Lipinski definition) is 1. The number of aliphatic hydroxyl groups excluding tert-OH is 1. The average Bonchev–Trinajstić information content (AvgIpc) is 2.25. The lowest BCUT2D eigenvalue weighted by Gasteiger charge is -2.26. The standard InChI is InChI=1S/C10H9NO5/c1-5-9(12)7-3-2-6(11(14)15)4-8(7)16-10(5)13/h2-5,10,13H,1H3/t5-,10-/m0/s1. The van der Waals surface area contributed by atoms with Crippen molar-refractivity contribution >= 4 is 11.5 Å². The molecule has 6 nitrogen and oxygen atoms in total. The summed E-state index contributed by atoms with van der Waals surface area (Å²) in [5.41, 5.74) is 0.0942. The molecular weight excluding hydrogens is 214 g/mol. The maximum absolute atomic E-state index is 11.7. The van der Waals surface area contributed by atoms with E-state index >= 15 is 0 Å². The summed E-state index contributed by atoms with van der Waals surface area (Å²) in [6.07, 6.45) is -1.25. The van der Waals surface area contributed by atoms with Crippen molar-refractivity contribution in [1.82, 2.24) is 0 Å². The number of nitrogens with zero attached hydrogens (tertiary/aromatic N) is 1. The number of non-ortho nitro benzene ring substituents is 1. The van der Waals surface area contributed by atoms with Gasteiger partial charge < -0.3 is 9.84 Å². The van der Waals surface area contributed by atoms with Crippen LogP contribution in [0.2, 0.25) is 0 Å².